The molecule has 2 fully saturated rings. The van der Waals surface area contributed by atoms with Crippen molar-refractivity contribution in [1.82, 2.24) is 9.47 Å². The third-order valence-electron chi connectivity index (χ3n) is 6.40. The number of rotatable bonds is 6. The van der Waals surface area contributed by atoms with E-state index in [4.69, 9.17) is 16.3 Å². The van der Waals surface area contributed by atoms with Crippen LogP contribution < -0.4 is 0 Å². The van der Waals surface area contributed by atoms with Crippen LogP contribution in [-0.4, -0.2) is 52.8 Å². The zero-order valence-electron chi connectivity index (χ0n) is 18.8. The molecule has 0 atom stereocenters. The molecular formula is C24H26ClFN2O4S. The van der Waals surface area contributed by atoms with Gasteiger partial charge in [-0.3, -0.25) is 4.79 Å². The molecule has 176 valence electrons. The summed E-state index contributed by atoms with van der Waals surface area (Å²) in [6, 6.07) is 3.25. The van der Waals surface area contributed by atoms with Crippen LogP contribution in [-0.2, 0) is 20.9 Å². The molecule has 0 aliphatic carbocycles. The van der Waals surface area contributed by atoms with E-state index in [1.54, 1.807) is 23.6 Å². The van der Waals surface area contributed by atoms with Gasteiger partial charge in [-0.1, -0.05) is 29.4 Å². The summed E-state index contributed by atoms with van der Waals surface area (Å²) in [4.78, 5) is 27.8. The number of aromatic nitrogens is 1. The molecular weight excluding hydrogens is 467 g/mol. The van der Waals surface area contributed by atoms with Crippen LogP contribution in [0.25, 0.3) is 10.9 Å². The first-order valence-electron chi connectivity index (χ1n) is 10.7. The van der Waals surface area contributed by atoms with Gasteiger partial charge in [0.15, 0.2) is 5.82 Å². The summed E-state index contributed by atoms with van der Waals surface area (Å²) >= 11 is 7.44. The maximum absolute atomic E-state index is 15.2. The third kappa shape index (κ3) is 4.44. The molecule has 2 aliphatic heterocycles. The fraction of sp³-hybridized carbons (Fsp3) is 0.417. The number of hydrogen-bond donors (Lipinski definition) is 1. The van der Waals surface area contributed by atoms with E-state index in [2.05, 4.69) is 0 Å². The highest BCUT2D eigenvalue weighted by atomic mass is 35.5. The van der Waals surface area contributed by atoms with E-state index in [-0.39, 0.29) is 34.0 Å². The molecule has 0 radical (unpaired) electrons. The highest BCUT2D eigenvalue weighted by Gasteiger charge is 2.45. The number of hydrogen-bond acceptors (Lipinski definition) is 4. The second-order valence-corrected chi connectivity index (χ2v) is 10.4. The number of fused-ring (bicyclic) bond motifs is 1. The molecule has 9 heteroatoms. The van der Waals surface area contributed by atoms with Crippen molar-refractivity contribution in [3.8, 4) is 0 Å². The SMILES string of the molecule is CC=C(C=C(C)Sc1c(C)n(CC(=O)N2CCC3(COC3)C2)c2c(F)c(Cl)ccc12)C(=O)O. The minimum absolute atomic E-state index is 0.00802. The second-order valence-electron chi connectivity index (χ2n) is 8.72. The molecule has 2 aliphatic rings. The highest BCUT2D eigenvalue weighted by Crippen LogP contribution is 2.41. The van der Waals surface area contributed by atoms with Gasteiger partial charge in [-0.15, -0.1) is 0 Å². The Morgan fingerprint density at radius 1 is 1.36 bits per heavy atom. The molecule has 0 bridgehead atoms. The number of carboxylic acids is 1. The van der Waals surface area contributed by atoms with E-state index in [1.807, 2.05) is 18.7 Å². The molecule has 4 rings (SSSR count). The summed E-state index contributed by atoms with van der Waals surface area (Å²) in [7, 11) is 0. The van der Waals surface area contributed by atoms with Crippen molar-refractivity contribution in [2.24, 2.45) is 5.41 Å². The molecule has 1 spiro atoms. The lowest BCUT2D eigenvalue weighted by molar-refractivity contribution is -0.135. The zero-order valence-corrected chi connectivity index (χ0v) is 20.4. The number of allylic oxidation sites excluding steroid dienone is 2. The monoisotopic (exact) mass is 492 g/mol. The van der Waals surface area contributed by atoms with Gasteiger partial charge < -0.3 is 19.3 Å². The Bertz CT molecular complexity index is 1200. The van der Waals surface area contributed by atoms with E-state index in [0.29, 0.717) is 31.7 Å². The number of benzene rings is 1. The number of likely N-dealkylation sites (tertiary alicyclic amines) is 1. The Labute approximate surface area is 201 Å². The first kappa shape index (κ1) is 23.9. The molecule has 1 aromatic carbocycles. The zero-order chi connectivity index (χ0) is 23.9. The lowest BCUT2D eigenvalue weighted by atomic mass is 9.85. The fourth-order valence-corrected chi connectivity index (χ4v) is 5.68. The minimum atomic E-state index is -1.01. The summed E-state index contributed by atoms with van der Waals surface area (Å²) < 4.78 is 22.2. The lowest BCUT2D eigenvalue weighted by Gasteiger charge is -2.37. The summed E-state index contributed by atoms with van der Waals surface area (Å²) in [6.45, 7) is 8.03. The van der Waals surface area contributed by atoms with E-state index >= 15 is 4.39 Å². The molecule has 1 aromatic heterocycles. The van der Waals surface area contributed by atoms with Crippen molar-refractivity contribution in [3.05, 3.63) is 51.3 Å². The summed E-state index contributed by atoms with van der Waals surface area (Å²) in [6.07, 6.45) is 4.03. The van der Waals surface area contributed by atoms with Crippen molar-refractivity contribution in [2.45, 2.75) is 38.6 Å². The Hall–Kier alpha value is -2.29. The number of carbonyl (C=O) groups excluding carboxylic acids is 1. The van der Waals surface area contributed by atoms with Crippen molar-refractivity contribution in [2.75, 3.05) is 26.3 Å². The smallest absolute Gasteiger partial charge is 0.335 e. The van der Waals surface area contributed by atoms with Crippen molar-refractivity contribution in [3.63, 3.8) is 0 Å². The van der Waals surface area contributed by atoms with Gasteiger partial charge in [0.25, 0.3) is 0 Å². The van der Waals surface area contributed by atoms with Crippen LogP contribution in [0.15, 0.2) is 39.7 Å². The number of ether oxygens (including phenoxy) is 1. The van der Waals surface area contributed by atoms with Crippen molar-refractivity contribution >= 4 is 46.1 Å². The summed E-state index contributed by atoms with van der Waals surface area (Å²) in [5, 5.41) is 9.94. The van der Waals surface area contributed by atoms with Gasteiger partial charge in [0.2, 0.25) is 5.91 Å². The first-order valence-corrected chi connectivity index (χ1v) is 11.9. The fourth-order valence-electron chi connectivity index (χ4n) is 4.49. The lowest BCUT2D eigenvalue weighted by Crippen LogP contribution is -2.45. The average Bonchev–Trinajstić information content (AvgIpc) is 3.31. The van der Waals surface area contributed by atoms with E-state index in [1.165, 1.54) is 23.9 Å². The van der Waals surface area contributed by atoms with Gasteiger partial charge in [-0.05, 0) is 50.3 Å². The van der Waals surface area contributed by atoms with Crippen LogP contribution in [0.2, 0.25) is 5.02 Å². The normalized spacial score (nSPS) is 18.3. The van der Waals surface area contributed by atoms with Crippen LogP contribution in [0, 0.1) is 18.2 Å². The predicted octanol–water partition coefficient (Wildman–Crippen LogP) is 5.02. The molecule has 3 heterocycles. The Balaban J connectivity index is 1.69. The van der Waals surface area contributed by atoms with E-state index in [0.717, 1.165) is 21.9 Å². The van der Waals surface area contributed by atoms with E-state index in [9.17, 15) is 14.7 Å². The molecule has 0 saturated carbocycles. The van der Waals surface area contributed by atoms with Crippen molar-refractivity contribution < 1.29 is 23.8 Å². The number of nitrogens with zero attached hydrogens (tertiary/aromatic N) is 2. The van der Waals surface area contributed by atoms with Crippen LogP contribution in [0.3, 0.4) is 0 Å². The minimum Gasteiger partial charge on any atom is -0.478 e. The van der Waals surface area contributed by atoms with Gasteiger partial charge in [0.1, 0.15) is 6.54 Å². The third-order valence-corrected chi connectivity index (χ3v) is 7.85. The maximum atomic E-state index is 15.2. The largest absolute Gasteiger partial charge is 0.478 e. The summed E-state index contributed by atoms with van der Waals surface area (Å²) in [5.41, 5.74) is 1.27. The summed E-state index contributed by atoms with van der Waals surface area (Å²) in [5.74, 6) is -1.65. The number of carbonyl (C=O) groups is 2. The number of aliphatic carboxylic acids is 1. The highest BCUT2D eigenvalue weighted by molar-refractivity contribution is 8.03. The predicted molar refractivity (Wildman–Crippen MR) is 127 cm³/mol. The molecule has 1 N–H and O–H groups in total. The van der Waals surface area contributed by atoms with Crippen LogP contribution >= 0.6 is 23.4 Å². The molecule has 2 aromatic rings. The van der Waals surface area contributed by atoms with Crippen LogP contribution in [0.5, 0.6) is 0 Å². The molecule has 2 saturated heterocycles. The number of amides is 1. The number of carboxylic acid groups (broad SMARTS) is 1. The Kier molecular flexibility index (Phi) is 6.62. The van der Waals surface area contributed by atoms with Gasteiger partial charge >= 0.3 is 5.97 Å². The maximum Gasteiger partial charge on any atom is 0.335 e. The Morgan fingerprint density at radius 2 is 2.09 bits per heavy atom. The second kappa shape index (κ2) is 9.16. The molecule has 0 unspecified atom stereocenters. The first-order chi connectivity index (χ1) is 15.7. The van der Waals surface area contributed by atoms with Gasteiger partial charge in [0.05, 0.1) is 29.3 Å². The van der Waals surface area contributed by atoms with Crippen molar-refractivity contribution in [1.29, 1.82) is 0 Å². The quantitative estimate of drug-likeness (QED) is 0.348. The molecule has 33 heavy (non-hydrogen) atoms. The van der Waals surface area contributed by atoms with Gasteiger partial charge in [-0.25, -0.2) is 9.18 Å². The average molecular weight is 493 g/mol. The van der Waals surface area contributed by atoms with Gasteiger partial charge in [0, 0.05) is 34.5 Å². The van der Waals surface area contributed by atoms with Crippen LogP contribution in [0.4, 0.5) is 4.39 Å². The number of thioether (sulfide) groups is 1. The Morgan fingerprint density at radius 3 is 2.67 bits per heavy atom. The van der Waals surface area contributed by atoms with Gasteiger partial charge in [-0.2, -0.15) is 0 Å². The topological polar surface area (TPSA) is 71.8 Å². The van der Waals surface area contributed by atoms with E-state index < -0.39 is 11.8 Å². The standard InChI is InChI=1S/C24H26ClFN2O4S/c1-4-16(23(30)31)9-14(2)33-22-15(3)28(21-17(22)5-6-18(25)20(21)26)10-19(29)27-8-7-24(11-27)12-32-13-24/h4-6,9H,7-8,10-13H2,1-3H3,(H,30,31). The van der Waals surface area contributed by atoms with Crippen LogP contribution in [0.1, 0.15) is 26.0 Å². The number of halogens is 2. The molecule has 1 amide bonds. The molecule has 6 nitrogen and oxygen atoms in total.